The van der Waals surface area contributed by atoms with Crippen molar-refractivity contribution in [1.29, 1.82) is 0 Å². The van der Waals surface area contributed by atoms with Gasteiger partial charge in [-0.25, -0.2) is 8.42 Å². The Morgan fingerprint density at radius 2 is 1.62 bits per heavy atom. The van der Waals surface area contributed by atoms with Crippen LogP contribution in [-0.4, -0.2) is 55.6 Å². The smallest absolute Gasteiger partial charge is 0.175 e. The number of rotatable bonds is 6. The average Bonchev–Trinajstić information content (AvgIpc) is 3.22. The van der Waals surface area contributed by atoms with E-state index in [-0.39, 0.29) is 12.4 Å². The first kappa shape index (κ1) is 24.4. The number of sulfone groups is 1. The van der Waals surface area contributed by atoms with Crippen molar-refractivity contribution in [3.63, 3.8) is 0 Å². The van der Waals surface area contributed by atoms with Crippen molar-refractivity contribution in [1.82, 2.24) is 14.8 Å². The predicted molar refractivity (Wildman–Crippen MR) is 137 cm³/mol. The molecule has 1 aliphatic rings. The molecule has 0 radical (unpaired) electrons. The van der Waals surface area contributed by atoms with Crippen LogP contribution in [0.3, 0.4) is 0 Å². The standard InChI is InChI=1S/C26H27N3O3S.ClH/c1-33(30,31)26-7-3-2-5-22(26)18-28-11-13-29(14-12-28)19-24-16-23-15-20(8-9-25(23)32-24)21-6-4-10-27-17-21;/h2-10,15-17H,11-14,18-19H2,1H3;1H. The monoisotopic (exact) mass is 497 g/mol. The molecule has 178 valence electrons. The first-order chi connectivity index (χ1) is 16.0. The topological polar surface area (TPSA) is 66.7 Å². The fourth-order valence-electron chi connectivity index (χ4n) is 4.45. The first-order valence-corrected chi connectivity index (χ1v) is 13.0. The number of furan rings is 1. The van der Waals surface area contributed by atoms with Gasteiger partial charge in [-0.1, -0.05) is 30.3 Å². The summed E-state index contributed by atoms with van der Waals surface area (Å²) in [6, 6.07) is 19.7. The summed E-state index contributed by atoms with van der Waals surface area (Å²) >= 11 is 0. The van der Waals surface area contributed by atoms with Crippen LogP contribution in [0.1, 0.15) is 11.3 Å². The van der Waals surface area contributed by atoms with Crippen LogP contribution >= 0.6 is 12.4 Å². The minimum Gasteiger partial charge on any atom is -0.460 e. The van der Waals surface area contributed by atoms with Gasteiger partial charge in [-0.2, -0.15) is 0 Å². The Morgan fingerprint density at radius 1 is 0.882 bits per heavy atom. The number of piperazine rings is 1. The normalized spacial score (nSPS) is 15.3. The molecule has 6 nitrogen and oxygen atoms in total. The third-order valence-electron chi connectivity index (χ3n) is 6.17. The number of hydrogen-bond donors (Lipinski definition) is 0. The van der Waals surface area contributed by atoms with Gasteiger partial charge in [0.15, 0.2) is 9.84 Å². The second kappa shape index (κ2) is 10.3. The van der Waals surface area contributed by atoms with Crippen LogP contribution < -0.4 is 0 Å². The first-order valence-electron chi connectivity index (χ1n) is 11.1. The molecule has 0 unspecified atom stereocenters. The number of aromatic nitrogens is 1. The third-order valence-corrected chi connectivity index (χ3v) is 7.37. The van der Waals surface area contributed by atoms with Crippen molar-refractivity contribution in [3.05, 3.63) is 84.4 Å². The molecule has 0 atom stereocenters. The summed E-state index contributed by atoms with van der Waals surface area (Å²) in [6.45, 7) is 5.04. The molecule has 2 aromatic carbocycles. The minimum atomic E-state index is -3.22. The largest absolute Gasteiger partial charge is 0.460 e. The average molecular weight is 498 g/mol. The van der Waals surface area contributed by atoms with E-state index in [1.165, 1.54) is 6.26 Å². The Labute approximate surface area is 206 Å². The second-order valence-corrected chi connectivity index (χ2v) is 10.6. The highest BCUT2D eigenvalue weighted by Gasteiger charge is 2.21. The molecule has 5 rings (SSSR count). The van der Waals surface area contributed by atoms with Crippen LogP contribution in [0.5, 0.6) is 0 Å². The van der Waals surface area contributed by atoms with Crippen molar-refractivity contribution in [3.8, 4) is 11.1 Å². The highest BCUT2D eigenvalue weighted by atomic mass is 35.5. The van der Waals surface area contributed by atoms with Crippen molar-refractivity contribution in [2.45, 2.75) is 18.0 Å². The van der Waals surface area contributed by atoms with Crippen LogP contribution in [0.25, 0.3) is 22.1 Å². The summed E-state index contributed by atoms with van der Waals surface area (Å²) < 4.78 is 30.3. The molecular formula is C26H28ClN3O3S. The Kier molecular flexibility index (Phi) is 7.38. The maximum atomic E-state index is 12.1. The predicted octanol–water partition coefficient (Wildman–Crippen LogP) is 4.64. The van der Waals surface area contributed by atoms with Gasteiger partial charge in [-0.3, -0.25) is 14.8 Å². The number of hydrogen-bond acceptors (Lipinski definition) is 6. The SMILES string of the molecule is CS(=O)(=O)c1ccccc1CN1CCN(Cc2cc3cc(-c4cccnc4)ccc3o2)CC1.Cl. The zero-order valence-electron chi connectivity index (χ0n) is 19.1. The molecule has 0 amide bonds. The molecule has 3 heterocycles. The molecule has 1 fully saturated rings. The molecule has 4 aromatic rings. The van der Waals surface area contributed by atoms with Gasteiger partial charge in [-0.05, 0) is 41.5 Å². The molecule has 0 spiro atoms. The summed E-state index contributed by atoms with van der Waals surface area (Å²) in [6.07, 6.45) is 4.93. The number of benzene rings is 2. The lowest BCUT2D eigenvalue weighted by Crippen LogP contribution is -2.45. The third kappa shape index (κ3) is 5.50. The summed E-state index contributed by atoms with van der Waals surface area (Å²) in [5.74, 6) is 0.962. The van der Waals surface area contributed by atoms with Gasteiger partial charge in [0.25, 0.3) is 0 Å². The summed E-state index contributed by atoms with van der Waals surface area (Å²) in [5.41, 5.74) is 3.99. The van der Waals surface area contributed by atoms with E-state index < -0.39 is 9.84 Å². The Hall–Kier alpha value is -2.71. The fraction of sp³-hybridized carbons (Fsp3) is 0.269. The van der Waals surface area contributed by atoms with Crippen molar-refractivity contribution >= 4 is 33.2 Å². The fourth-order valence-corrected chi connectivity index (χ4v) is 5.39. The molecule has 1 saturated heterocycles. The molecule has 0 bridgehead atoms. The van der Waals surface area contributed by atoms with E-state index >= 15 is 0 Å². The summed E-state index contributed by atoms with van der Waals surface area (Å²) in [5, 5.41) is 1.10. The van der Waals surface area contributed by atoms with Gasteiger partial charge in [0, 0.05) is 62.3 Å². The highest BCUT2D eigenvalue weighted by Crippen LogP contribution is 2.27. The van der Waals surface area contributed by atoms with Crippen molar-refractivity contribution in [2.75, 3.05) is 32.4 Å². The Bertz CT molecular complexity index is 1360. The molecule has 0 N–H and O–H groups in total. The van der Waals surface area contributed by atoms with Gasteiger partial charge in [0.2, 0.25) is 0 Å². The van der Waals surface area contributed by atoms with Gasteiger partial charge in [-0.15, -0.1) is 12.4 Å². The van der Waals surface area contributed by atoms with Crippen LogP contribution in [0.15, 0.2) is 82.4 Å². The molecule has 0 saturated carbocycles. The van der Waals surface area contributed by atoms with Gasteiger partial charge in [0.1, 0.15) is 11.3 Å². The zero-order valence-corrected chi connectivity index (χ0v) is 20.7. The van der Waals surface area contributed by atoms with Gasteiger partial charge >= 0.3 is 0 Å². The van der Waals surface area contributed by atoms with E-state index in [2.05, 4.69) is 39.0 Å². The maximum absolute atomic E-state index is 12.1. The maximum Gasteiger partial charge on any atom is 0.175 e. The second-order valence-electron chi connectivity index (χ2n) is 8.64. The van der Waals surface area contributed by atoms with Gasteiger partial charge in [0.05, 0.1) is 11.4 Å². The lowest BCUT2D eigenvalue weighted by atomic mass is 10.1. The number of nitrogens with zero attached hydrogens (tertiary/aromatic N) is 3. The lowest BCUT2D eigenvalue weighted by molar-refractivity contribution is 0.116. The Morgan fingerprint density at radius 3 is 2.32 bits per heavy atom. The van der Waals surface area contributed by atoms with E-state index in [1.807, 2.05) is 30.5 Å². The van der Waals surface area contributed by atoms with E-state index in [1.54, 1.807) is 18.3 Å². The van der Waals surface area contributed by atoms with E-state index in [9.17, 15) is 8.42 Å². The minimum absolute atomic E-state index is 0. The lowest BCUT2D eigenvalue weighted by Gasteiger charge is -2.34. The van der Waals surface area contributed by atoms with Crippen LogP contribution in [0.2, 0.25) is 0 Å². The molecule has 34 heavy (non-hydrogen) atoms. The quantitative estimate of drug-likeness (QED) is 0.386. The molecule has 8 heteroatoms. The molecule has 2 aromatic heterocycles. The van der Waals surface area contributed by atoms with Crippen molar-refractivity contribution < 1.29 is 12.8 Å². The van der Waals surface area contributed by atoms with Crippen LogP contribution in [0, 0.1) is 0 Å². The van der Waals surface area contributed by atoms with Crippen molar-refractivity contribution in [2.24, 2.45) is 0 Å². The molecule has 0 aliphatic carbocycles. The number of fused-ring (bicyclic) bond motifs is 1. The highest BCUT2D eigenvalue weighted by molar-refractivity contribution is 7.90. The van der Waals surface area contributed by atoms with Gasteiger partial charge < -0.3 is 4.42 Å². The Balaban J connectivity index is 0.00000274. The summed E-state index contributed by atoms with van der Waals surface area (Å²) in [4.78, 5) is 9.35. The number of halogens is 1. The molecular weight excluding hydrogens is 470 g/mol. The van der Waals surface area contributed by atoms with Crippen LogP contribution in [0.4, 0.5) is 0 Å². The summed E-state index contributed by atoms with van der Waals surface area (Å²) in [7, 11) is -3.22. The van der Waals surface area contributed by atoms with E-state index in [0.29, 0.717) is 11.4 Å². The number of pyridine rings is 1. The van der Waals surface area contributed by atoms with Crippen LogP contribution in [-0.2, 0) is 22.9 Å². The van der Waals surface area contributed by atoms with E-state index in [4.69, 9.17) is 4.42 Å². The van der Waals surface area contributed by atoms with E-state index in [0.717, 1.165) is 66.1 Å². The molecule has 1 aliphatic heterocycles. The zero-order chi connectivity index (χ0) is 22.8.